The van der Waals surface area contributed by atoms with Crippen molar-refractivity contribution in [3.05, 3.63) is 41.9 Å². The predicted molar refractivity (Wildman–Crippen MR) is 80.6 cm³/mol. The molecule has 6 nitrogen and oxygen atoms in total. The first-order chi connectivity index (χ1) is 10.8. The van der Waals surface area contributed by atoms with Gasteiger partial charge in [-0.1, -0.05) is 40.9 Å². The van der Waals surface area contributed by atoms with Crippen LogP contribution in [0.2, 0.25) is 0 Å². The van der Waals surface area contributed by atoms with Gasteiger partial charge in [0, 0.05) is 5.92 Å². The third-order valence-electron chi connectivity index (χ3n) is 4.17. The number of hydrogen-bond donors (Lipinski definition) is 0. The fraction of sp³-hybridized carbons (Fsp3) is 0.375. The minimum Gasteiger partial charge on any atom is -0.339 e. The normalized spacial score (nSPS) is 15.5. The standard InChI is InChI=1S/C16H17N5O/c1-11-6-8-13(9-7-11)21-10-14(18-20-21)15-17-16(22-19-15)12-4-2-3-5-12/h6-10,12H,2-5H2,1H3. The molecule has 22 heavy (non-hydrogen) atoms. The second kappa shape index (κ2) is 5.36. The average Bonchev–Trinajstić information content (AvgIpc) is 3.27. The molecule has 0 bridgehead atoms. The van der Waals surface area contributed by atoms with Crippen molar-refractivity contribution >= 4 is 0 Å². The van der Waals surface area contributed by atoms with Crippen LogP contribution in [0.15, 0.2) is 35.0 Å². The van der Waals surface area contributed by atoms with Crippen LogP contribution in [0.3, 0.4) is 0 Å². The van der Waals surface area contributed by atoms with Crippen LogP contribution in [0.25, 0.3) is 17.2 Å². The van der Waals surface area contributed by atoms with Crippen LogP contribution < -0.4 is 0 Å². The van der Waals surface area contributed by atoms with E-state index >= 15 is 0 Å². The van der Waals surface area contributed by atoms with E-state index in [1.165, 1.54) is 18.4 Å². The highest BCUT2D eigenvalue weighted by Crippen LogP contribution is 2.33. The maximum atomic E-state index is 5.40. The van der Waals surface area contributed by atoms with E-state index in [1.54, 1.807) is 4.68 Å². The first-order valence-electron chi connectivity index (χ1n) is 7.63. The minimum absolute atomic E-state index is 0.411. The number of nitrogens with zero attached hydrogens (tertiary/aromatic N) is 5. The van der Waals surface area contributed by atoms with Gasteiger partial charge in [0.2, 0.25) is 11.7 Å². The number of benzene rings is 1. The summed E-state index contributed by atoms with van der Waals surface area (Å²) in [5.41, 5.74) is 2.81. The molecule has 6 heteroatoms. The summed E-state index contributed by atoms with van der Waals surface area (Å²) in [6.07, 6.45) is 6.58. The third kappa shape index (κ3) is 2.41. The summed E-state index contributed by atoms with van der Waals surface area (Å²) in [5.74, 6) is 1.66. The van der Waals surface area contributed by atoms with E-state index in [0.717, 1.165) is 24.4 Å². The summed E-state index contributed by atoms with van der Waals surface area (Å²) in [5, 5.41) is 12.3. The van der Waals surface area contributed by atoms with Gasteiger partial charge in [-0.25, -0.2) is 4.68 Å². The summed E-state index contributed by atoms with van der Waals surface area (Å²) in [4.78, 5) is 4.49. The molecule has 4 rings (SSSR count). The molecule has 2 heterocycles. The second-order valence-electron chi connectivity index (χ2n) is 5.82. The molecule has 1 aromatic carbocycles. The maximum absolute atomic E-state index is 5.40. The van der Waals surface area contributed by atoms with Crippen LogP contribution in [0.4, 0.5) is 0 Å². The van der Waals surface area contributed by atoms with Crippen LogP contribution >= 0.6 is 0 Å². The zero-order chi connectivity index (χ0) is 14.9. The van der Waals surface area contributed by atoms with Gasteiger partial charge in [0.15, 0.2) is 5.69 Å². The van der Waals surface area contributed by atoms with Crippen molar-refractivity contribution in [1.29, 1.82) is 0 Å². The molecule has 1 aliphatic carbocycles. The highest BCUT2D eigenvalue weighted by atomic mass is 16.5. The Morgan fingerprint density at radius 2 is 1.91 bits per heavy atom. The molecule has 0 aliphatic heterocycles. The van der Waals surface area contributed by atoms with E-state index in [0.29, 0.717) is 17.4 Å². The van der Waals surface area contributed by atoms with E-state index in [9.17, 15) is 0 Å². The Labute approximate surface area is 128 Å². The van der Waals surface area contributed by atoms with Gasteiger partial charge in [-0.15, -0.1) is 5.10 Å². The topological polar surface area (TPSA) is 69.6 Å². The first kappa shape index (κ1) is 13.2. The lowest BCUT2D eigenvalue weighted by Crippen LogP contribution is -1.94. The van der Waals surface area contributed by atoms with Gasteiger partial charge in [-0.3, -0.25) is 0 Å². The van der Waals surface area contributed by atoms with Crippen LogP contribution in [0.1, 0.15) is 43.1 Å². The van der Waals surface area contributed by atoms with Crippen LogP contribution in [-0.4, -0.2) is 25.1 Å². The molecule has 1 saturated carbocycles. The lowest BCUT2D eigenvalue weighted by molar-refractivity contribution is 0.354. The maximum Gasteiger partial charge on any atom is 0.230 e. The summed E-state index contributed by atoms with van der Waals surface area (Å²) < 4.78 is 7.12. The molecular formula is C16H17N5O. The van der Waals surface area contributed by atoms with Gasteiger partial charge in [0.05, 0.1) is 11.9 Å². The van der Waals surface area contributed by atoms with Gasteiger partial charge in [-0.2, -0.15) is 4.98 Å². The molecule has 0 radical (unpaired) electrons. The number of aryl methyl sites for hydroxylation is 1. The smallest absolute Gasteiger partial charge is 0.230 e. The van der Waals surface area contributed by atoms with Crippen molar-refractivity contribution in [3.63, 3.8) is 0 Å². The molecule has 112 valence electrons. The molecule has 0 saturated heterocycles. The molecule has 3 aromatic rings. The highest BCUT2D eigenvalue weighted by molar-refractivity contribution is 5.47. The molecule has 1 fully saturated rings. The van der Waals surface area contributed by atoms with E-state index in [-0.39, 0.29) is 0 Å². The minimum atomic E-state index is 0.411. The molecule has 0 atom stereocenters. The first-order valence-corrected chi connectivity index (χ1v) is 7.63. The van der Waals surface area contributed by atoms with Gasteiger partial charge in [0.1, 0.15) is 0 Å². The van der Waals surface area contributed by atoms with E-state index in [4.69, 9.17) is 4.52 Å². The van der Waals surface area contributed by atoms with Crippen molar-refractivity contribution in [2.75, 3.05) is 0 Å². The predicted octanol–water partition coefficient (Wildman–Crippen LogP) is 3.28. The highest BCUT2D eigenvalue weighted by Gasteiger charge is 2.24. The van der Waals surface area contributed by atoms with Crippen molar-refractivity contribution in [1.82, 2.24) is 25.1 Å². The Bertz CT molecular complexity index is 768. The summed E-state index contributed by atoms with van der Waals surface area (Å²) in [6.45, 7) is 2.06. The third-order valence-corrected chi connectivity index (χ3v) is 4.17. The average molecular weight is 295 g/mol. The Morgan fingerprint density at radius 1 is 1.14 bits per heavy atom. The summed E-state index contributed by atoms with van der Waals surface area (Å²) in [6, 6.07) is 8.11. The lowest BCUT2D eigenvalue weighted by atomic mass is 10.1. The fourth-order valence-electron chi connectivity index (χ4n) is 2.87. The van der Waals surface area contributed by atoms with Gasteiger partial charge < -0.3 is 4.52 Å². The number of hydrogen-bond acceptors (Lipinski definition) is 5. The second-order valence-corrected chi connectivity index (χ2v) is 5.82. The Morgan fingerprint density at radius 3 is 2.68 bits per heavy atom. The number of rotatable bonds is 3. The zero-order valence-corrected chi connectivity index (χ0v) is 12.4. The summed E-state index contributed by atoms with van der Waals surface area (Å²) >= 11 is 0. The van der Waals surface area contributed by atoms with Gasteiger partial charge in [0.25, 0.3) is 0 Å². The zero-order valence-electron chi connectivity index (χ0n) is 12.4. The fourth-order valence-corrected chi connectivity index (χ4v) is 2.87. The quantitative estimate of drug-likeness (QED) is 0.741. The molecule has 1 aliphatic rings. The number of aromatic nitrogens is 5. The van der Waals surface area contributed by atoms with Crippen LogP contribution in [0.5, 0.6) is 0 Å². The molecule has 0 unspecified atom stereocenters. The monoisotopic (exact) mass is 295 g/mol. The van der Waals surface area contributed by atoms with E-state index < -0.39 is 0 Å². The largest absolute Gasteiger partial charge is 0.339 e. The van der Waals surface area contributed by atoms with Crippen molar-refractivity contribution < 1.29 is 4.52 Å². The van der Waals surface area contributed by atoms with Crippen molar-refractivity contribution in [2.24, 2.45) is 0 Å². The SMILES string of the molecule is Cc1ccc(-n2cc(-c3noc(C4CCCC4)n3)nn2)cc1. The molecule has 0 amide bonds. The lowest BCUT2D eigenvalue weighted by Gasteiger charge is -1.99. The van der Waals surface area contributed by atoms with Crippen molar-refractivity contribution in [2.45, 2.75) is 38.5 Å². The molecule has 0 spiro atoms. The van der Waals surface area contributed by atoms with E-state index in [2.05, 4.69) is 27.4 Å². The van der Waals surface area contributed by atoms with Crippen LogP contribution in [0, 0.1) is 6.92 Å². The van der Waals surface area contributed by atoms with Crippen LogP contribution in [-0.2, 0) is 0 Å². The van der Waals surface area contributed by atoms with E-state index in [1.807, 2.05) is 30.5 Å². The van der Waals surface area contributed by atoms with Gasteiger partial charge in [-0.05, 0) is 31.9 Å². The molecule has 2 aromatic heterocycles. The Kier molecular flexibility index (Phi) is 3.21. The summed E-state index contributed by atoms with van der Waals surface area (Å²) in [7, 11) is 0. The Balaban J connectivity index is 1.59. The van der Waals surface area contributed by atoms with Crippen molar-refractivity contribution in [3.8, 4) is 17.2 Å². The van der Waals surface area contributed by atoms with Gasteiger partial charge >= 0.3 is 0 Å². The molecule has 0 N–H and O–H groups in total. The molecular weight excluding hydrogens is 278 g/mol. The Hall–Kier alpha value is -2.50.